The zero-order valence-electron chi connectivity index (χ0n) is 18.8. The van der Waals surface area contributed by atoms with Crippen molar-refractivity contribution in [3.63, 3.8) is 0 Å². The molecule has 0 unspecified atom stereocenters. The minimum atomic E-state index is -3.77. The summed E-state index contributed by atoms with van der Waals surface area (Å²) in [6, 6.07) is 13.8. The van der Waals surface area contributed by atoms with Crippen LogP contribution in [-0.2, 0) is 10.0 Å². The highest BCUT2D eigenvalue weighted by molar-refractivity contribution is 7.89. The van der Waals surface area contributed by atoms with Crippen LogP contribution in [-0.4, -0.2) is 48.9 Å². The average molecular weight is 474 g/mol. The molecule has 0 aromatic heterocycles. The molecule has 0 bridgehead atoms. The first-order valence-corrected chi connectivity index (χ1v) is 13.0. The summed E-state index contributed by atoms with van der Waals surface area (Å²) in [7, 11) is -3.77. The van der Waals surface area contributed by atoms with Gasteiger partial charge in [0.1, 0.15) is 5.69 Å². The first-order chi connectivity index (χ1) is 15.8. The molecule has 33 heavy (non-hydrogen) atoms. The molecule has 0 radical (unpaired) electrons. The van der Waals surface area contributed by atoms with E-state index in [2.05, 4.69) is 0 Å². The Morgan fingerprint density at radius 3 is 2.39 bits per heavy atom. The Morgan fingerprint density at radius 1 is 1.06 bits per heavy atom. The van der Waals surface area contributed by atoms with Gasteiger partial charge in [-0.2, -0.15) is 4.31 Å². The first-order valence-electron chi connectivity index (χ1n) is 11.5. The topological polar surface area (TPSA) is 104 Å². The maximum absolute atomic E-state index is 13.1. The van der Waals surface area contributed by atoms with Gasteiger partial charge in [-0.1, -0.05) is 37.3 Å². The fraction of sp³-hybridized carbons (Fsp3) is 0.500. The van der Waals surface area contributed by atoms with E-state index in [1.54, 1.807) is 6.07 Å². The zero-order valence-corrected chi connectivity index (χ0v) is 19.7. The van der Waals surface area contributed by atoms with Crippen LogP contribution in [0.5, 0.6) is 0 Å². The zero-order chi connectivity index (χ0) is 23.6. The van der Waals surface area contributed by atoms with Gasteiger partial charge >= 0.3 is 0 Å². The maximum Gasteiger partial charge on any atom is 0.293 e. The number of rotatable bonds is 6. The minimum Gasteiger partial charge on any atom is -0.388 e. The van der Waals surface area contributed by atoms with E-state index in [9.17, 15) is 23.6 Å². The lowest BCUT2D eigenvalue weighted by atomic mass is 9.87. The molecule has 2 heterocycles. The molecule has 0 saturated carbocycles. The molecule has 0 aliphatic carbocycles. The normalized spacial score (nSPS) is 21.6. The molecule has 1 N–H and O–H groups in total. The number of hydrogen-bond acceptors (Lipinski definition) is 6. The van der Waals surface area contributed by atoms with Crippen LogP contribution in [0, 0.1) is 22.0 Å². The molecule has 0 spiro atoms. The molecular weight excluding hydrogens is 442 g/mol. The van der Waals surface area contributed by atoms with E-state index in [1.807, 2.05) is 42.2 Å². The molecule has 8 nitrogen and oxygen atoms in total. The lowest BCUT2D eigenvalue weighted by molar-refractivity contribution is -0.384. The van der Waals surface area contributed by atoms with Gasteiger partial charge in [-0.3, -0.25) is 10.1 Å². The van der Waals surface area contributed by atoms with Crippen LogP contribution in [0.1, 0.15) is 44.3 Å². The van der Waals surface area contributed by atoms with E-state index in [4.69, 9.17) is 0 Å². The van der Waals surface area contributed by atoms with Crippen LogP contribution in [0.25, 0.3) is 0 Å². The standard InChI is InChI=1S/C24H31N3O5S/c1-18-6-5-13-26(17-18)33(31,32)21-9-10-22(23(16-21)27(29)30)25-14-11-20(12-15-25)24(28)19-7-3-2-4-8-19/h2-4,7-10,16,18,20,24,28H,5-6,11-15,17H2,1H3/t18-,24-/m1/s1. The highest BCUT2D eigenvalue weighted by atomic mass is 32.2. The van der Waals surface area contributed by atoms with Crippen molar-refractivity contribution >= 4 is 21.4 Å². The van der Waals surface area contributed by atoms with Crippen LogP contribution < -0.4 is 4.90 Å². The summed E-state index contributed by atoms with van der Waals surface area (Å²) >= 11 is 0. The van der Waals surface area contributed by atoms with Crippen molar-refractivity contribution < 1.29 is 18.4 Å². The van der Waals surface area contributed by atoms with E-state index in [1.165, 1.54) is 16.4 Å². The number of aliphatic hydroxyl groups excluding tert-OH is 1. The Balaban J connectivity index is 1.51. The van der Waals surface area contributed by atoms with Gasteiger partial charge in [0, 0.05) is 32.2 Å². The van der Waals surface area contributed by atoms with Crippen molar-refractivity contribution in [1.82, 2.24) is 4.31 Å². The number of nitro benzene ring substituents is 1. The quantitative estimate of drug-likeness (QED) is 0.503. The highest BCUT2D eigenvalue weighted by Crippen LogP contribution is 2.37. The van der Waals surface area contributed by atoms with Crippen molar-refractivity contribution in [1.29, 1.82) is 0 Å². The van der Waals surface area contributed by atoms with Crippen LogP contribution in [0.4, 0.5) is 11.4 Å². The van der Waals surface area contributed by atoms with Gasteiger partial charge in [0.15, 0.2) is 0 Å². The van der Waals surface area contributed by atoms with Gasteiger partial charge in [0.25, 0.3) is 5.69 Å². The number of anilines is 1. The lowest BCUT2D eigenvalue weighted by Gasteiger charge is -2.35. The monoisotopic (exact) mass is 473 g/mol. The average Bonchev–Trinajstić information content (AvgIpc) is 2.84. The molecule has 2 aliphatic heterocycles. The molecule has 4 rings (SSSR count). The Labute approximate surface area is 195 Å². The molecule has 9 heteroatoms. The van der Waals surface area contributed by atoms with Crippen molar-refractivity contribution in [2.75, 3.05) is 31.1 Å². The van der Waals surface area contributed by atoms with Gasteiger partial charge in [-0.25, -0.2) is 8.42 Å². The van der Waals surface area contributed by atoms with Crippen molar-refractivity contribution in [2.24, 2.45) is 11.8 Å². The molecule has 2 aliphatic rings. The third-order valence-corrected chi connectivity index (χ3v) is 8.73. The van der Waals surface area contributed by atoms with Crippen LogP contribution in [0.3, 0.4) is 0 Å². The van der Waals surface area contributed by atoms with E-state index < -0.39 is 21.1 Å². The number of nitrogens with zero attached hydrogens (tertiary/aromatic N) is 3. The van der Waals surface area contributed by atoms with Gasteiger partial charge < -0.3 is 10.0 Å². The Bertz CT molecular complexity index is 1080. The van der Waals surface area contributed by atoms with E-state index >= 15 is 0 Å². The molecule has 2 saturated heterocycles. The highest BCUT2D eigenvalue weighted by Gasteiger charge is 2.33. The second kappa shape index (κ2) is 9.79. The Hall–Kier alpha value is -2.49. The predicted molar refractivity (Wildman–Crippen MR) is 127 cm³/mol. The second-order valence-corrected chi connectivity index (χ2v) is 11.1. The van der Waals surface area contributed by atoms with Gasteiger partial charge in [0.2, 0.25) is 10.0 Å². The first kappa shape index (κ1) is 23.7. The van der Waals surface area contributed by atoms with Crippen molar-refractivity contribution in [3.8, 4) is 0 Å². The molecule has 2 atom stereocenters. The SMILES string of the molecule is C[C@@H]1CCCN(S(=O)(=O)c2ccc(N3CCC([C@H](O)c4ccccc4)CC3)c([N+](=O)[O-])c2)C1. The molecule has 2 aromatic rings. The van der Waals surface area contributed by atoms with E-state index in [0.717, 1.165) is 18.4 Å². The summed E-state index contributed by atoms with van der Waals surface area (Å²) < 4.78 is 27.7. The van der Waals surface area contributed by atoms with E-state index in [-0.39, 0.29) is 22.4 Å². The van der Waals surface area contributed by atoms with Crippen molar-refractivity contribution in [2.45, 2.75) is 43.6 Å². The smallest absolute Gasteiger partial charge is 0.293 e. The van der Waals surface area contributed by atoms with Gasteiger partial charge in [-0.15, -0.1) is 0 Å². The largest absolute Gasteiger partial charge is 0.388 e. The molecule has 178 valence electrons. The third kappa shape index (κ3) is 5.05. The Morgan fingerprint density at radius 2 is 1.76 bits per heavy atom. The number of hydrogen-bond donors (Lipinski definition) is 1. The van der Waals surface area contributed by atoms with E-state index in [0.29, 0.717) is 44.7 Å². The predicted octanol–water partition coefficient (Wildman–Crippen LogP) is 3.97. The number of sulfonamides is 1. The van der Waals surface area contributed by atoms with Crippen LogP contribution in [0.2, 0.25) is 0 Å². The second-order valence-electron chi connectivity index (χ2n) is 9.20. The van der Waals surface area contributed by atoms with Gasteiger partial charge in [-0.05, 0) is 55.2 Å². The van der Waals surface area contributed by atoms with Crippen LogP contribution in [0.15, 0.2) is 53.4 Å². The number of aliphatic hydroxyl groups is 1. The number of benzene rings is 2. The summed E-state index contributed by atoms with van der Waals surface area (Å²) in [6.45, 7) is 4.02. The third-order valence-electron chi connectivity index (χ3n) is 6.87. The Kier molecular flexibility index (Phi) is 7.02. The lowest BCUT2D eigenvalue weighted by Crippen LogP contribution is -2.39. The molecule has 2 fully saturated rings. The number of piperidine rings is 2. The summed E-state index contributed by atoms with van der Waals surface area (Å²) in [6.07, 6.45) is 2.60. The molecule has 2 aromatic carbocycles. The summed E-state index contributed by atoms with van der Waals surface area (Å²) in [5, 5.41) is 22.6. The van der Waals surface area contributed by atoms with Crippen molar-refractivity contribution in [3.05, 3.63) is 64.2 Å². The van der Waals surface area contributed by atoms with Crippen LogP contribution >= 0.6 is 0 Å². The number of nitro groups is 1. The minimum absolute atomic E-state index is 0.0264. The molecular formula is C24H31N3O5S. The summed E-state index contributed by atoms with van der Waals surface area (Å²) in [4.78, 5) is 13.3. The molecule has 0 amide bonds. The van der Waals surface area contributed by atoms with Gasteiger partial charge in [0.05, 0.1) is 15.9 Å². The summed E-state index contributed by atoms with van der Waals surface area (Å²) in [5.74, 6) is 0.346. The maximum atomic E-state index is 13.1. The fourth-order valence-electron chi connectivity index (χ4n) is 4.97. The summed E-state index contributed by atoms with van der Waals surface area (Å²) in [5.41, 5.74) is 1.12. The fourth-order valence-corrected chi connectivity index (χ4v) is 6.59.